The summed E-state index contributed by atoms with van der Waals surface area (Å²) in [6, 6.07) is 22.1. The number of aromatic hydroxyl groups is 1. The van der Waals surface area contributed by atoms with Gasteiger partial charge < -0.3 is 10.4 Å². The van der Waals surface area contributed by atoms with Gasteiger partial charge in [0.05, 0.1) is 6.04 Å². The van der Waals surface area contributed by atoms with E-state index in [0.717, 1.165) is 16.7 Å². The average Bonchev–Trinajstić information content (AvgIpc) is 2.79. The van der Waals surface area contributed by atoms with Crippen LogP contribution in [0.25, 0.3) is 11.5 Å². The minimum atomic E-state index is -0.479. The summed E-state index contributed by atoms with van der Waals surface area (Å²) in [5.74, 6) is -0.633. The largest absolute Gasteiger partial charge is 0.493 e. The zero-order valence-corrected chi connectivity index (χ0v) is 16.1. The summed E-state index contributed by atoms with van der Waals surface area (Å²) in [4.78, 5) is 25.4. The quantitative estimate of drug-likeness (QED) is 0.534. The third kappa shape index (κ3) is 4.17. The van der Waals surface area contributed by atoms with Crippen LogP contribution in [0.2, 0.25) is 0 Å². The highest BCUT2D eigenvalue weighted by Gasteiger charge is 2.21. The van der Waals surface area contributed by atoms with E-state index >= 15 is 0 Å². The second-order valence-electron chi connectivity index (χ2n) is 6.70. The van der Waals surface area contributed by atoms with E-state index in [1.807, 2.05) is 54.6 Å². The average molecular weight is 395 g/mol. The first-order chi connectivity index (χ1) is 14.6. The van der Waals surface area contributed by atoms with Gasteiger partial charge in [0.25, 0.3) is 5.91 Å². The highest BCUT2D eigenvalue weighted by molar-refractivity contribution is 5.96. The van der Waals surface area contributed by atoms with E-state index in [-0.39, 0.29) is 11.4 Å². The molecule has 30 heavy (non-hydrogen) atoms. The molecule has 1 radical (unpaired) electrons. The molecule has 6 nitrogen and oxygen atoms in total. The van der Waals surface area contributed by atoms with Gasteiger partial charge in [-0.3, -0.25) is 9.78 Å². The summed E-state index contributed by atoms with van der Waals surface area (Å²) in [7, 11) is 0. The van der Waals surface area contributed by atoms with E-state index < -0.39 is 17.8 Å². The SMILES string of the molecule is [CH2]c1ccc(C(NC(=O)c2cnc(-c3ccccn3)nc2O)c2ccccc2)cc1. The first-order valence-corrected chi connectivity index (χ1v) is 9.37. The Balaban J connectivity index is 1.63. The van der Waals surface area contributed by atoms with Gasteiger partial charge in [-0.25, -0.2) is 4.98 Å². The van der Waals surface area contributed by atoms with Crippen molar-refractivity contribution in [2.45, 2.75) is 6.04 Å². The summed E-state index contributed by atoms with van der Waals surface area (Å²) in [5.41, 5.74) is 3.19. The fourth-order valence-electron chi connectivity index (χ4n) is 3.07. The highest BCUT2D eigenvalue weighted by Crippen LogP contribution is 2.24. The first kappa shape index (κ1) is 19.3. The van der Waals surface area contributed by atoms with Crippen molar-refractivity contribution in [2.75, 3.05) is 0 Å². The van der Waals surface area contributed by atoms with Crippen molar-refractivity contribution < 1.29 is 9.90 Å². The minimum absolute atomic E-state index is 0.00982. The van der Waals surface area contributed by atoms with Crippen molar-refractivity contribution >= 4 is 5.91 Å². The Hall–Kier alpha value is -4.06. The predicted octanol–water partition coefficient (Wildman–Crippen LogP) is 3.95. The standard InChI is InChI=1S/C24H19N4O2/c1-16-10-12-18(13-11-16)21(17-7-3-2-4-8-17)27-23(29)19-15-26-22(28-24(19)30)20-9-5-6-14-25-20/h2-15,21H,1H2,(H,27,29)(H,26,28,30). The summed E-state index contributed by atoms with van der Waals surface area (Å²) >= 11 is 0. The highest BCUT2D eigenvalue weighted by atomic mass is 16.3. The molecule has 0 fully saturated rings. The second kappa shape index (κ2) is 8.53. The number of nitrogens with one attached hydrogen (secondary N) is 1. The van der Waals surface area contributed by atoms with Gasteiger partial charge in [-0.2, -0.15) is 4.98 Å². The lowest BCUT2D eigenvalue weighted by Gasteiger charge is -2.20. The van der Waals surface area contributed by atoms with Crippen LogP contribution in [-0.2, 0) is 0 Å². The molecule has 2 aromatic carbocycles. The normalized spacial score (nSPS) is 11.6. The van der Waals surface area contributed by atoms with Crippen molar-refractivity contribution in [3.05, 3.63) is 114 Å². The molecule has 6 heteroatoms. The maximum absolute atomic E-state index is 13.0. The summed E-state index contributed by atoms with van der Waals surface area (Å²) in [5, 5.41) is 13.3. The lowest BCUT2D eigenvalue weighted by Crippen LogP contribution is -2.29. The van der Waals surface area contributed by atoms with E-state index in [9.17, 15) is 9.90 Å². The van der Waals surface area contributed by atoms with E-state index in [0.29, 0.717) is 5.69 Å². The molecule has 4 rings (SSSR count). The van der Waals surface area contributed by atoms with Gasteiger partial charge in [-0.15, -0.1) is 0 Å². The molecule has 0 bridgehead atoms. The maximum atomic E-state index is 13.0. The van der Waals surface area contributed by atoms with Gasteiger partial charge in [0.2, 0.25) is 5.88 Å². The Kier molecular flexibility index (Phi) is 5.48. The third-order valence-corrected chi connectivity index (χ3v) is 4.63. The predicted molar refractivity (Wildman–Crippen MR) is 114 cm³/mol. The van der Waals surface area contributed by atoms with E-state index in [2.05, 4.69) is 27.2 Å². The number of carbonyl (C=O) groups excluding carboxylic acids is 1. The fraction of sp³-hybridized carbons (Fsp3) is 0.0417. The van der Waals surface area contributed by atoms with Crippen molar-refractivity contribution in [3.63, 3.8) is 0 Å². The Morgan fingerprint density at radius 3 is 2.27 bits per heavy atom. The van der Waals surface area contributed by atoms with Crippen LogP contribution in [0.15, 0.2) is 85.2 Å². The van der Waals surface area contributed by atoms with Crippen LogP contribution in [-0.4, -0.2) is 26.0 Å². The number of benzene rings is 2. The lowest BCUT2D eigenvalue weighted by molar-refractivity contribution is 0.0939. The third-order valence-electron chi connectivity index (χ3n) is 4.63. The number of pyridine rings is 1. The Labute approximate surface area is 174 Å². The van der Waals surface area contributed by atoms with Crippen molar-refractivity contribution in [3.8, 4) is 17.4 Å². The molecule has 0 saturated carbocycles. The van der Waals surface area contributed by atoms with E-state index in [1.54, 1.807) is 24.4 Å². The number of rotatable bonds is 5. The van der Waals surface area contributed by atoms with Gasteiger partial charge in [0.1, 0.15) is 11.3 Å². The van der Waals surface area contributed by atoms with Crippen LogP contribution in [0.4, 0.5) is 0 Å². The van der Waals surface area contributed by atoms with Crippen molar-refractivity contribution in [1.29, 1.82) is 0 Å². The van der Waals surface area contributed by atoms with Gasteiger partial charge in [-0.1, -0.05) is 60.7 Å². The summed E-state index contributed by atoms with van der Waals surface area (Å²) in [6.07, 6.45) is 2.92. The van der Waals surface area contributed by atoms with Crippen molar-refractivity contribution in [2.24, 2.45) is 0 Å². The van der Waals surface area contributed by atoms with E-state index in [1.165, 1.54) is 6.20 Å². The first-order valence-electron chi connectivity index (χ1n) is 9.37. The molecule has 1 atom stereocenters. The number of nitrogens with zero attached hydrogens (tertiary/aromatic N) is 3. The number of hydrogen-bond acceptors (Lipinski definition) is 5. The van der Waals surface area contributed by atoms with E-state index in [4.69, 9.17) is 0 Å². The molecule has 4 aromatic rings. The van der Waals surface area contributed by atoms with Crippen LogP contribution in [0.3, 0.4) is 0 Å². The second-order valence-corrected chi connectivity index (χ2v) is 6.70. The number of carbonyl (C=O) groups is 1. The Bertz CT molecular complexity index is 1150. The molecule has 0 spiro atoms. The molecule has 0 aliphatic rings. The Morgan fingerprint density at radius 2 is 1.60 bits per heavy atom. The molecule has 1 unspecified atom stereocenters. The molecule has 0 aliphatic heterocycles. The molecular weight excluding hydrogens is 376 g/mol. The van der Waals surface area contributed by atoms with Gasteiger partial charge >= 0.3 is 0 Å². The smallest absolute Gasteiger partial charge is 0.259 e. The van der Waals surface area contributed by atoms with Gasteiger partial charge in [-0.05, 0) is 35.7 Å². The van der Waals surface area contributed by atoms with Crippen LogP contribution < -0.4 is 5.32 Å². The van der Waals surface area contributed by atoms with Gasteiger partial charge in [0, 0.05) is 12.4 Å². The number of aromatic nitrogens is 3. The molecule has 147 valence electrons. The number of amides is 1. The molecular formula is C24H19N4O2. The van der Waals surface area contributed by atoms with Crippen LogP contribution in [0.5, 0.6) is 5.88 Å². The zero-order chi connectivity index (χ0) is 20.9. The molecule has 2 heterocycles. The molecule has 2 aromatic heterocycles. The minimum Gasteiger partial charge on any atom is -0.493 e. The van der Waals surface area contributed by atoms with Crippen LogP contribution >= 0.6 is 0 Å². The monoisotopic (exact) mass is 395 g/mol. The topological polar surface area (TPSA) is 88.0 Å². The fourth-order valence-corrected chi connectivity index (χ4v) is 3.07. The molecule has 1 amide bonds. The summed E-state index contributed by atoms with van der Waals surface area (Å²) < 4.78 is 0. The molecule has 0 saturated heterocycles. The maximum Gasteiger partial charge on any atom is 0.259 e. The zero-order valence-electron chi connectivity index (χ0n) is 16.1. The molecule has 2 N–H and O–H groups in total. The van der Waals surface area contributed by atoms with Crippen LogP contribution in [0.1, 0.15) is 33.1 Å². The van der Waals surface area contributed by atoms with Gasteiger partial charge in [0.15, 0.2) is 5.82 Å². The molecule has 0 aliphatic carbocycles. The van der Waals surface area contributed by atoms with Crippen molar-refractivity contribution in [1.82, 2.24) is 20.3 Å². The number of hydrogen-bond donors (Lipinski definition) is 2. The Morgan fingerprint density at radius 1 is 0.900 bits per heavy atom. The van der Waals surface area contributed by atoms with Crippen LogP contribution in [0, 0.1) is 6.92 Å². The summed E-state index contributed by atoms with van der Waals surface area (Å²) in [6.45, 7) is 3.91. The lowest BCUT2D eigenvalue weighted by atomic mass is 9.97.